The van der Waals surface area contributed by atoms with Crippen LogP contribution >= 0.6 is 0 Å². The number of carbonyl (C=O) groups excluding carboxylic acids is 4. The molecule has 0 atom stereocenters. The van der Waals surface area contributed by atoms with Crippen molar-refractivity contribution < 1.29 is 42.9 Å². The molecule has 0 aliphatic rings. The standard InChI is InChI=1S/C47H59N3O9/c1-36(2)45(53)57-32-30-55-41-19-15-39(16-20-41)47(5,40-17-21-42(22-18-40)56-31-33-58-46(54)37(3)4)24-23-44(52)50(28-10-25-48)29-11-27-49-26-9-14-43(34-51)59-35-38-12-7-6-8-13-38/h6-9,12-22,26,34,49H,1,3,10-11,23-25,27-33,35,48H2,2,4-5H3/b26-9-,43-14+. The Morgan fingerprint density at radius 1 is 0.763 bits per heavy atom. The van der Waals surface area contributed by atoms with E-state index >= 15 is 0 Å². The van der Waals surface area contributed by atoms with E-state index in [4.69, 9.17) is 29.4 Å². The molecule has 0 aliphatic heterocycles. The maximum Gasteiger partial charge on any atom is 0.333 e. The summed E-state index contributed by atoms with van der Waals surface area (Å²) in [6.45, 7) is 15.5. The van der Waals surface area contributed by atoms with Gasteiger partial charge < -0.3 is 39.6 Å². The van der Waals surface area contributed by atoms with Gasteiger partial charge in [0.25, 0.3) is 0 Å². The predicted octanol–water partition coefficient (Wildman–Crippen LogP) is 6.74. The third-order valence-corrected chi connectivity index (χ3v) is 9.26. The second kappa shape index (κ2) is 26.0. The molecule has 0 spiro atoms. The van der Waals surface area contributed by atoms with Crippen molar-refractivity contribution in [3.05, 3.63) is 144 Å². The van der Waals surface area contributed by atoms with E-state index in [9.17, 15) is 19.2 Å². The molecule has 3 aromatic carbocycles. The monoisotopic (exact) mass is 809 g/mol. The molecule has 0 fully saturated rings. The number of esters is 2. The Balaban J connectivity index is 1.65. The van der Waals surface area contributed by atoms with Crippen molar-refractivity contribution in [2.45, 2.75) is 58.5 Å². The average Bonchev–Trinajstić information content (AvgIpc) is 3.25. The zero-order valence-corrected chi connectivity index (χ0v) is 34.6. The summed E-state index contributed by atoms with van der Waals surface area (Å²) >= 11 is 0. The molecule has 0 radical (unpaired) electrons. The molecule has 3 aromatic rings. The van der Waals surface area contributed by atoms with Crippen LogP contribution in [0.25, 0.3) is 0 Å². The summed E-state index contributed by atoms with van der Waals surface area (Å²) in [7, 11) is 0. The fourth-order valence-electron chi connectivity index (χ4n) is 5.81. The van der Waals surface area contributed by atoms with Crippen molar-refractivity contribution in [2.75, 3.05) is 52.6 Å². The molecule has 0 saturated heterocycles. The zero-order chi connectivity index (χ0) is 42.9. The van der Waals surface area contributed by atoms with Gasteiger partial charge in [-0.2, -0.15) is 0 Å². The lowest BCUT2D eigenvalue weighted by Gasteiger charge is -2.32. The number of carbonyl (C=O) groups is 4. The van der Waals surface area contributed by atoms with Crippen LogP contribution in [0, 0.1) is 0 Å². The van der Waals surface area contributed by atoms with Crippen molar-refractivity contribution in [2.24, 2.45) is 5.73 Å². The largest absolute Gasteiger partial charge is 0.490 e. The van der Waals surface area contributed by atoms with E-state index in [1.807, 2.05) is 83.8 Å². The van der Waals surface area contributed by atoms with Crippen LogP contribution in [0.2, 0.25) is 0 Å². The Labute approximate surface area is 348 Å². The first-order valence-electron chi connectivity index (χ1n) is 19.8. The molecular weight excluding hydrogens is 751 g/mol. The van der Waals surface area contributed by atoms with Gasteiger partial charge in [0.05, 0.1) is 0 Å². The summed E-state index contributed by atoms with van der Waals surface area (Å²) < 4.78 is 27.5. The summed E-state index contributed by atoms with van der Waals surface area (Å²) in [4.78, 5) is 50.6. The van der Waals surface area contributed by atoms with Gasteiger partial charge in [0.1, 0.15) is 44.5 Å². The van der Waals surface area contributed by atoms with Gasteiger partial charge in [-0.05, 0) is 99.0 Å². The molecule has 3 rings (SSSR count). The molecular formula is C47H59N3O9. The molecule has 12 heteroatoms. The number of amides is 1. The molecule has 0 unspecified atom stereocenters. The van der Waals surface area contributed by atoms with Gasteiger partial charge in [-0.15, -0.1) is 0 Å². The van der Waals surface area contributed by atoms with Crippen LogP contribution in [0.4, 0.5) is 0 Å². The first-order chi connectivity index (χ1) is 28.5. The number of rotatable bonds is 28. The van der Waals surface area contributed by atoms with Gasteiger partial charge >= 0.3 is 11.9 Å². The Hall–Kier alpha value is -6.14. The SMILES string of the molecule is C=C(C)C(=O)OCCOc1ccc(C(C)(CCC(=O)N(CCCN)CCCN/C=C\C=C(/C=O)OCc2ccccc2)c2ccc(OCCOC(=O)C(=C)C)cc2)cc1. The first kappa shape index (κ1) is 47.2. The number of nitrogens with zero attached hydrogens (tertiary/aromatic N) is 1. The van der Waals surface area contributed by atoms with Gasteiger partial charge in [0.2, 0.25) is 5.91 Å². The van der Waals surface area contributed by atoms with E-state index < -0.39 is 17.4 Å². The second-order valence-corrected chi connectivity index (χ2v) is 14.1. The minimum absolute atomic E-state index is 0.0304. The molecule has 0 heterocycles. The van der Waals surface area contributed by atoms with Gasteiger partial charge in [0.15, 0.2) is 12.0 Å². The van der Waals surface area contributed by atoms with Crippen LogP contribution in [0.15, 0.2) is 127 Å². The number of allylic oxidation sites excluding steroid dienone is 3. The van der Waals surface area contributed by atoms with Gasteiger partial charge in [-0.1, -0.05) is 74.7 Å². The van der Waals surface area contributed by atoms with Crippen LogP contribution in [0.5, 0.6) is 11.5 Å². The van der Waals surface area contributed by atoms with E-state index in [2.05, 4.69) is 25.4 Å². The van der Waals surface area contributed by atoms with Crippen LogP contribution < -0.4 is 20.5 Å². The third kappa shape index (κ3) is 17.1. The summed E-state index contributed by atoms with van der Waals surface area (Å²) in [6, 6.07) is 25.0. The molecule has 1 amide bonds. The van der Waals surface area contributed by atoms with Crippen molar-refractivity contribution in [1.29, 1.82) is 0 Å². The van der Waals surface area contributed by atoms with Gasteiger partial charge in [0, 0.05) is 42.6 Å². The maximum atomic E-state index is 13.9. The summed E-state index contributed by atoms with van der Waals surface area (Å²) in [5.74, 6) is 0.552. The number of nitrogens with one attached hydrogen (secondary N) is 1. The van der Waals surface area contributed by atoms with Crippen molar-refractivity contribution in [3.8, 4) is 11.5 Å². The Morgan fingerprint density at radius 2 is 1.31 bits per heavy atom. The van der Waals surface area contributed by atoms with E-state index in [0.29, 0.717) is 81.0 Å². The third-order valence-electron chi connectivity index (χ3n) is 9.26. The van der Waals surface area contributed by atoms with E-state index in [0.717, 1.165) is 16.7 Å². The lowest BCUT2D eigenvalue weighted by atomic mass is 9.73. The fraction of sp³-hybridized carbons (Fsp3) is 0.362. The van der Waals surface area contributed by atoms with E-state index in [1.165, 1.54) is 0 Å². The number of nitrogens with two attached hydrogens (primary N) is 1. The smallest absolute Gasteiger partial charge is 0.333 e. The number of benzene rings is 3. The summed E-state index contributed by atoms with van der Waals surface area (Å²) in [6.07, 6.45) is 7.93. The topological polar surface area (TPSA) is 156 Å². The lowest BCUT2D eigenvalue weighted by Crippen LogP contribution is -2.36. The quantitative estimate of drug-likeness (QED) is 0.0200. The zero-order valence-electron chi connectivity index (χ0n) is 34.6. The molecule has 0 aromatic heterocycles. The molecule has 59 heavy (non-hydrogen) atoms. The molecule has 0 aliphatic carbocycles. The molecule has 316 valence electrons. The van der Waals surface area contributed by atoms with Crippen LogP contribution in [-0.2, 0) is 45.4 Å². The molecule has 12 nitrogen and oxygen atoms in total. The molecule has 0 saturated carbocycles. The highest BCUT2D eigenvalue weighted by molar-refractivity contribution is 5.87. The summed E-state index contributed by atoms with van der Waals surface area (Å²) in [5, 5.41) is 3.22. The number of hydrogen-bond donors (Lipinski definition) is 2. The van der Waals surface area contributed by atoms with Crippen molar-refractivity contribution >= 4 is 24.1 Å². The second-order valence-electron chi connectivity index (χ2n) is 14.1. The van der Waals surface area contributed by atoms with Crippen LogP contribution in [-0.4, -0.2) is 81.6 Å². The van der Waals surface area contributed by atoms with Gasteiger partial charge in [-0.3, -0.25) is 9.59 Å². The van der Waals surface area contributed by atoms with Crippen LogP contribution in [0.3, 0.4) is 0 Å². The van der Waals surface area contributed by atoms with Crippen molar-refractivity contribution in [3.63, 3.8) is 0 Å². The van der Waals surface area contributed by atoms with E-state index in [1.54, 1.807) is 32.2 Å². The highest BCUT2D eigenvalue weighted by atomic mass is 16.6. The highest BCUT2D eigenvalue weighted by Gasteiger charge is 2.31. The van der Waals surface area contributed by atoms with Gasteiger partial charge in [-0.25, -0.2) is 9.59 Å². The molecule has 0 bridgehead atoms. The predicted molar refractivity (Wildman–Crippen MR) is 228 cm³/mol. The Kier molecular flexibility index (Phi) is 20.8. The molecule has 3 N–H and O–H groups in total. The normalized spacial score (nSPS) is 11.4. The number of aldehydes is 1. The van der Waals surface area contributed by atoms with E-state index in [-0.39, 0.29) is 44.5 Å². The average molecular weight is 810 g/mol. The Bertz CT molecular complexity index is 1780. The minimum Gasteiger partial charge on any atom is -0.490 e. The summed E-state index contributed by atoms with van der Waals surface area (Å²) in [5.41, 5.74) is 8.85. The lowest BCUT2D eigenvalue weighted by molar-refractivity contribution is -0.140. The Morgan fingerprint density at radius 3 is 1.81 bits per heavy atom. The number of hydrogen-bond acceptors (Lipinski definition) is 11. The fourth-order valence-corrected chi connectivity index (χ4v) is 5.81. The maximum absolute atomic E-state index is 13.9. The van der Waals surface area contributed by atoms with Crippen LogP contribution in [0.1, 0.15) is 63.1 Å². The van der Waals surface area contributed by atoms with Crippen molar-refractivity contribution in [1.82, 2.24) is 10.2 Å². The minimum atomic E-state index is -0.578. The first-order valence-corrected chi connectivity index (χ1v) is 19.8. The highest BCUT2D eigenvalue weighted by Crippen LogP contribution is 2.38. The number of ether oxygens (including phenoxy) is 5.